The summed E-state index contributed by atoms with van der Waals surface area (Å²) in [7, 11) is -2.30. The number of benzene rings is 4. The van der Waals surface area contributed by atoms with Crippen LogP contribution in [0.25, 0.3) is 10.9 Å². The summed E-state index contributed by atoms with van der Waals surface area (Å²) < 4.78 is 41.3. The molecular formula is C47H59NO8Si. The molecule has 1 fully saturated rings. The highest BCUT2D eigenvalue weighted by atomic mass is 28.4. The standard InChI is InChI=1S/C47H59NO8Si/c1-46(2,3)56-45(50)48-38-27-19-18-26-36(38)37(31-54-57(7,8)47(4,5)6)40(48)43-41(49)44(53-30-35-24-16-11-17-25-35)42(52-29-34-22-14-10-15-23-34)39(55-43)32-51-28-33-20-12-9-13-21-33/h9-27,39,41-44,49H,28-32H2,1-8H3/t39-,41-,42-,43+,44-/m0/s1. The van der Waals surface area contributed by atoms with Crippen molar-refractivity contribution in [3.63, 3.8) is 0 Å². The molecule has 0 aliphatic carbocycles. The molecule has 0 spiro atoms. The topological polar surface area (TPSA) is 97.6 Å². The highest BCUT2D eigenvalue weighted by molar-refractivity contribution is 6.74. The van der Waals surface area contributed by atoms with Crippen LogP contribution in [-0.2, 0) is 54.5 Å². The number of aromatic nitrogens is 1. The third kappa shape index (κ3) is 10.5. The van der Waals surface area contributed by atoms with Crippen LogP contribution in [0.1, 0.15) is 75.6 Å². The van der Waals surface area contributed by atoms with Gasteiger partial charge in [-0.25, -0.2) is 9.36 Å². The molecule has 10 heteroatoms. The number of rotatable bonds is 14. The monoisotopic (exact) mass is 793 g/mol. The lowest BCUT2D eigenvalue weighted by atomic mass is 9.91. The van der Waals surface area contributed by atoms with Crippen LogP contribution in [0.3, 0.4) is 0 Å². The largest absolute Gasteiger partial charge is 0.443 e. The van der Waals surface area contributed by atoms with Gasteiger partial charge in [0, 0.05) is 10.9 Å². The van der Waals surface area contributed by atoms with Gasteiger partial charge >= 0.3 is 6.09 Å². The summed E-state index contributed by atoms with van der Waals surface area (Å²) in [6.07, 6.45) is -5.28. The number of hydrogen-bond donors (Lipinski definition) is 1. The molecule has 1 aromatic heterocycles. The fourth-order valence-corrected chi connectivity index (χ4v) is 7.77. The maximum Gasteiger partial charge on any atom is 0.419 e. The summed E-state index contributed by atoms with van der Waals surface area (Å²) in [6, 6.07) is 37.4. The van der Waals surface area contributed by atoms with Crippen LogP contribution in [0.2, 0.25) is 18.1 Å². The minimum Gasteiger partial charge on any atom is -0.443 e. The summed E-state index contributed by atoms with van der Waals surface area (Å²) in [5.41, 5.74) is 3.97. The molecule has 1 N–H and O–H groups in total. The number of carbonyl (C=O) groups is 1. The Kier molecular flexibility index (Phi) is 13.6. The maximum atomic E-state index is 14.4. The summed E-state index contributed by atoms with van der Waals surface area (Å²) in [5, 5.41) is 13.5. The molecular weight excluding hydrogens is 735 g/mol. The Morgan fingerprint density at radius 3 is 1.75 bits per heavy atom. The van der Waals surface area contributed by atoms with E-state index in [4.69, 9.17) is 28.1 Å². The minimum atomic E-state index is -2.30. The van der Waals surface area contributed by atoms with Gasteiger partial charge in [-0.2, -0.15) is 0 Å². The second kappa shape index (κ2) is 18.2. The third-order valence-electron chi connectivity index (χ3n) is 10.9. The number of hydrogen-bond acceptors (Lipinski definition) is 8. The van der Waals surface area contributed by atoms with E-state index in [0.29, 0.717) is 17.8 Å². The van der Waals surface area contributed by atoms with E-state index in [1.54, 1.807) is 4.57 Å². The van der Waals surface area contributed by atoms with Crippen molar-refractivity contribution in [2.24, 2.45) is 0 Å². The van der Waals surface area contributed by atoms with Gasteiger partial charge in [0.25, 0.3) is 0 Å². The molecule has 0 amide bonds. The first-order valence-electron chi connectivity index (χ1n) is 19.9. The summed E-state index contributed by atoms with van der Waals surface area (Å²) in [6.45, 7) is 17.7. The van der Waals surface area contributed by atoms with E-state index >= 15 is 0 Å². The van der Waals surface area contributed by atoms with Crippen LogP contribution in [0.4, 0.5) is 4.79 Å². The van der Waals surface area contributed by atoms with Crippen molar-refractivity contribution in [1.29, 1.82) is 0 Å². The number of carbonyl (C=O) groups excluding carboxylic acids is 1. The summed E-state index contributed by atoms with van der Waals surface area (Å²) in [4.78, 5) is 14.4. The Morgan fingerprint density at radius 1 is 0.702 bits per heavy atom. The van der Waals surface area contributed by atoms with Gasteiger partial charge in [-0.3, -0.25) is 0 Å². The second-order valence-electron chi connectivity index (χ2n) is 17.4. The van der Waals surface area contributed by atoms with Gasteiger partial charge in [-0.05, 0) is 61.7 Å². The van der Waals surface area contributed by atoms with E-state index in [9.17, 15) is 9.90 Å². The Bertz CT molecular complexity index is 2040. The van der Waals surface area contributed by atoms with Gasteiger partial charge in [0.05, 0.1) is 44.2 Å². The second-order valence-corrected chi connectivity index (χ2v) is 22.2. The number of ether oxygens (including phenoxy) is 5. The van der Waals surface area contributed by atoms with Gasteiger partial charge in [-0.15, -0.1) is 0 Å². The highest BCUT2D eigenvalue weighted by Gasteiger charge is 2.50. The van der Waals surface area contributed by atoms with Crippen molar-refractivity contribution in [2.45, 2.75) is 122 Å². The first-order valence-corrected chi connectivity index (χ1v) is 22.8. The molecule has 0 saturated carbocycles. The maximum absolute atomic E-state index is 14.4. The van der Waals surface area contributed by atoms with Crippen molar-refractivity contribution < 1.29 is 38.0 Å². The molecule has 0 unspecified atom stereocenters. The molecule has 4 aromatic carbocycles. The Hall–Kier alpha value is -4.13. The third-order valence-corrected chi connectivity index (χ3v) is 15.4. The first-order chi connectivity index (χ1) is 27.1. The van der Waals surface area contributed by atoms with Crippen LogP contribution < -0.4 is 0 Å². The smallest absolute Gasteiger partial charge is 0.419 e. The molecule has 1 saturated heterocycles. The Labute approximate surface area is 339 Å². The van der Waals surface area contributed by atoms with Crippen molar-refractivity contribution >= 4 is 25.3 Å². The van der Waals surface area contributed by atoms with Crippen LogP contribution >= 0.6 is 0 Å². The number of aliphatic hydroxyl groups excluding tert-OH is 1. The van der Waals surface area contributed by atoms with E-state index in [1.165, 1.54) is 0 Å². The van der Waals surface area contributed by atoms with Crippen LogP contribution in [0.15, 0.2) is 115 Å². The van der Waals surface area contributed by atoms with Crippen LogP contribution in [0.5, 0.6) is 0 Å². The molecule has 1 aliphatic rings. The lowest BCUT2D eigenvalue weighted by Crippen LogP contribution is -2.58. The molecule has 0 radical (unpaired) electrons. The average Bonchev–Trinajstić information content (AvgIpc) is 3.50. The van der Waals surface area contributed by atoms with Gasteiger partial charge in [0.2, 0.25) is 0 Å². The number of aliphatic hydroxyl groups is 1. The highest BCUT2D eigenvalue weighted by Crippen LogP contribution is 2.43. The van der Waals surface area contributed by atoms with E-state index in [2.05, 4.69) is 33.9 Å². The van der Waals surface area contributed by atoms with Crippen molar-refractivity contribution in [3.05, 3.63) is 143 Å². The van der Waals surface area contributed by atoms with E-state index in [-0.39, 0.29) is 31.5 Å². The fourth-order valence-electron chi connectivity index (χ4n) is 6.83. The zero-order chi connectivity index (χ0) is 40.8. The average molecular weight is 794 g/mol. The number of fused-ring (bicyclic) bond motifs is 1. The molecule has 0 bridgehead atoms. The summed E-state index contributed by atoms with van der Waals surface area (Å²) in [5.74, 6) is 0. The van der Waals surface area contributed by atoms with E-state index in [1.807, 2.05) is 136 Å². The molecule has 5 atom stereocenters. The number of nitrogens with zero attached hydrogens (tertiary/aromatic N) is 1. The predicted octanol–water partition coefficient (Wildman–Crippen LogP) is 10.1. The van der Waals surface area contributed by atoms with Gasteiger partial charge < -0.3 is 33.2 Å². The summed E-state index contributed by atoms with van der Waals surface area (Å²) >= 11 is 0. The van der Waals surface area contributed by atoms with Crippen LogP contribution in [0, 0.1) is 0 Å². The molecule has 2 heterocycles. The normalized spacial score (nSPS) is 20.5. The van der Waals surface area contributed by atoms with E-state index < -0.39 is 50.5 Å². The lowest BCUT2D eigenvalue weighted by Gasteiger charge is -2.45. The van der Waals surface area contributed by atoms with Crippen LogP contribution in [-0.4, -0.2) is 60.7 Å². The SMILES string of the molecule is CC(C)(C)OC(=O)n1c([C@H]2O[C@@H](COCc3ccccc3)[C@H](OCc3ccccc3)[C@@H](OCc3ccccc3)[C@H]2O)c(CO[Si](C)(C)C(C)(C)C)c2ccccc21. The van der Waals surface area contributed by atoms with Crippen molar-refractivity contribution in [3.8, 4) is 0 Å². The van der Waals surface area contributed by atoms with Gasteiger partial charge in [0.1, 0.15) is 36.1 Å². The fraction of sp³-hybridized carbons (Fsp3) is 0.426. The van der Waals surface area contributed by atoms with Crippen molar-refractivity contribution in [1.82, 2.24) is 4.57 Å². The molecule has 5 aromatic rings. The number of para-hydroxylation sites is 1. The molecule has 1 aliphatic heterocycles. The Balaban J connectivity index is 1.47. The molecule has 6 rings (SSSR count). The van der Waals surface area contributed by atoms with Crippen molar-refractivity contribution in [2.75, 3.05) is 6.61 Å². The zero-order valence-electron chi connectivity index (χ0n) is 34.6. The minimum absolute atomic E-state index is 0.0710. The van der Waals surface area contributed by atoms with Gasteiger partial charge in [-0.1, -0.05) is 130 Å². The lowest BCUT2D eigenvalue weighted by molar-refractivity contribution is -0.264. The first kappa shape index (κ1) is 42.5. The molecule has 57 heavy (non-hydrogen) atoms. The molecule has 9 nitrogen and oxygen atoms in total. The Morgan fingerprint density at radius 2 is 1.21 bits per heavy atom. The van der Waals surface area contributed by atoms with Gasteiger partial charge in [0.15, 0.2) is 8.32 Å². The molecule has 304 valence electrons. The van der Waals surface area contributed by atoms with E-state index in [0.717, 1.165) is 27.6 Å². The predicted molar refractivity (Wildman–Crippen MR) is 225 cm³/mol. The zero-order valence-corrected chi connectivity index (χ0v) is 35.6. The quantitative estimate of drug-likeness (QED) is 0.111.